The van der Waals surface area contributed by atoms with Gasteiger partial charge in [-0.2, -0.15) is 0 Å². The normalized spacial score (nSPS) is 11.1. The molecule has 0 bridgehead atoms. The quantitative estimate of drug-likeness (QED) is 0.894. The molecule has 0 aliphatic heterocycles. The third kappa shape index (κ3) is 3.35. The predicted octanol–water partition coefficient (Wildman–Crippen LogP) is 1.94. The van der Waals surface area contributed by atoms with E-state index in [9.17, 15) is 0 Å². The van der Waals surface area contributed by atoms with E-state index in [0.29, 0.717) is 6.54 Å². The fourth-order valence-corrected chi connectivity index (χ4v) is 2.58. The second kappa shape index (κ2) is 6.04. The molecule has 2 aromatic heterocycles. The highest BCUT2D eigenvalue weighted by molar-refractivity contribution is 7.09. The van der Waals surface area contributed by atoms with Gasteiger partial charge in [0.05, 0.1) is 16.9 Å². The summed E-state index contributed by atoms with van der Waals surface area (Å²) in [5.41, 5.74) is 10.7. The highest BCUT2D eigenvalue weighted by Gasteiger charge is 2.06. The number of aryl methyl sites for hydroxylation is 1. The standard InChI is InChI=1S/C13H18N4S/c1-10-13(18-9-16-10)8-17(2)7-12-4-3-11(5-14)6-15-12/h3-4,6,9H,5,7-8,14H2,1-2H3. The van der Waals surface area contributed by atoms with Crippen molar-refractivity contribution in [3.63, 3.8) is 0 Å². The first-order chi connectivity index (χ1) is 8.69. The van der Waals surface area contributed by atoms with E-state index in [1.54, 1.807) is 11.3 Å². The van der Waals surface area contributed by atoms with Crippen molar-refractivity contribution in [2.75, 3.05) is 7.05 Å². The number of rotatable bonds is 5. The maximum atomic E-state index is 5.55. The maximum absolute atomic E-state index is 5.55. The molecule has 2 aromatic rings. The van der Waals surface area contributed by atoms with Gasteiger partial charge >= 0.3 is 0 Å². The lowest BCUT2D eigenvalue weighted by atomic mass is 10.2. The van der Waals surface area contributed by atoms with E-state index in [4.69, 9.17) is 5.73 Å². The van der Waals surface area contributed by atoms with E-state index < -0.39 is 0 Å². The maximum Gasteiger partial charge on any atom is 0.0798 e. The average molecular weight is 262 g/mol. The SMILES string of the molecule is Cc1ncsc1CN(C)Cc1ccc(CN)cn1. The minimum atomic E-state index is 0.545. The van der Waals surface area contributed by atoms with Gasteiger partial charge in [-0.25, -0.2) is 4.98 Å². The topological polar surface area (TPSA) is 55.0 Å². The number of thiazole rings is 1. The Morgan fingerprint density at radius 1 is 1.28 bits per heavy atom. The van der Waals surface area contributed by atoms with Crippen LogP contribution in [0.3, 0.4) is 0 Å². The lowest BCUT2D eigenvalue weighted by Crippen LogP contribution is -2.18. The molecule has 0 saturated carbocycles. The highest BCUT2D eigenvalue weighted by Crippen LogP contribution is 2.15. The van der Waals surface area contributed by atoms with Gasteiger partial charge in [-0.15, -0.1) is 11.3 Å². The summed E-state index contributed by atoms with van der Waals surface area (Å²) in [5.74, 6) is 0. The van der Waals surface area contributed by atoms with Crippen molar-refractivity contribution in [3.05, 3.63) is 45.7 Å². The second-order valence-electron chi connectivity index (χ2n) is 4.40. The zero-order valence-electron chi connectivity index (χ0n) is 10.8. The Kier molecular flexibility index (Phi) is 4.41. The fraction of sp³-hybridized carbons (Fsp3) is 0.385. The van der Waals surface area contributed by atoms with Crippen molar-refractivity contribution in [2.24, 2.45) is 5.73 Å². The van der Waals surface area contributed by atoms with Crippen molar-refractivity contribution in [1.29, 1.82) is 0 Å². The molecule has 96 valence electrons. The van der Waals surface area contributed by atoms with Crippen molar-refractivity contribution >= 4 is 11.3 Å². The number of pyridine rings is 1. The Balaban J connectivity index is 1.94. The van der Waals surface area contributed by atoms with Gasteiger partial charge in [-0.3, -0.25) is 9.88 Å². The van der Waals surface area contributed by atoms with E-state index in [1.807, 2.05) is 30.8 Å². The van der Waals surface area contributed by atoms with Crippen LogP contribution in [0, 0.1) is 6.92 Å². The molecule has 4 nitrogen and oxygen atoms in total. The molecule has 0 aliphatic carbocycles. The minimum Gasteiger partial charge on any atom is -0.326 e. The summed E-state index contributed by atoms with van der Waals surface area (Å²) in [6.45, 7) is 4.34. The molecular weight excluding hydrogens is 244 g/mol. The zero-order chi connectivity index (χ0) is 13.0. The first-order valence-electron chi connectivity index (χ1n) is 5.90. The molecule has 0 amide bonds. The van der Waals surface area contributed by atoms with Crippen molar-refractivity contribution in [3.8, 4) is 0 Å². The first-order valence-corrected chi connectivity index (χ1v) is 6.78. The van der Waals surface area contributed by atoms with Gasteiger partial charge in [0.1, 0.15) is 0 Å². The zero-order valence-corrected chi connectivity index (χ0v) is 11.6. The summed E-state index contributed by atoms with van der Waals surface area (Å²) in [4.78, 5) is 12.2. The number of nitrogens with two attached hydrogens (primary N) is 1. The lowest BCUT2D eigenvalue weighted by Gasteiger charge is -2.15. The van der Waals surface area contributed by atoms with Gasteiger partial charge in [0.25, 0.3) is 0 Å². The molecule has 0 aliphatic rings. The van der Waals surface area contributed by atoms with Crippen LogP contribution in [-0.4, -0.2) is 21.9 Å². The van der Waals surface area contributed by atoms with Crippen LogP contribution in [0.2, 0.25) is 0 Å². The molecule has 18 heavy (non-hydrogen) atoms. The molecule has 2 rings (SSSR count). The monoisotopic (exact) mass is 262 g/mol. The Bertz CT molecular complexity index is 492. The van der Waals surface area contributed by atoms with Crippen molar-refractivity contribution < 1.29 is 0 Å². The van der Waals surface area contributed by atoms with Crippen LogP contribution in [0.25, 0.3) is 0 Å². The van der Waals surface area contributed by atoms with E-state index in [1.165, 1.54) is 4.88 Å². The number of aromatic nitrogens is 2. The molecule has 0 spiro atoms. The van der Waals surface area contributed by atoms with Gasteiger partial charge < -0.3 is 5.73 Å². The third-order valence-corrected chi connectivity index (χ3v) is 3.73. The Morgan fingerprint density at radius 2 is 2.11 bits per heavy atom. The van der Waals surface area contributed by atoms with E-state index in [-0.39, 0.29) is 0 Å². The van der Waals surface area contributed by atoms with Crippen LogP contribution in [0.4, 0.5) is 0 Å². The van der Waals surface area contributed by atoms with Crippen molar-refractivity contribution in [2.45, 2.75) is 26.6 Å². The molecule has 0 radical (unpaired) electrons. The van der Waals surface area contributed by atoms with Gasteiger partial charge in [-0.05, 0) is 25.6 Å². The van der Waals surface area contributed by atoms with Crippen LogP contribution in [0.5, 0.6) is 0 Å². The van der Waals surface area contributed by atoms with Gasteiger partial charge in [-0.1, -0.05) is 6.07 Å². The summed E-state index contributed by atoms with van der Waals surface area (Å²) in [6, 6.07) is 4.08. The molecule has 2 N–H and O–H groups in total. The Hall–Kier alpha value is -1.30. The minimum absolute atomic E-state index is 0.545. The molecule has 0 saturated heterocycles. The van der Waals surface area contributed by atoms with Crippen LogP contribution in [0.1, 0.15) is 21.8 Å². The van der Waals surface area contributed by atoms with Gasteiger partial charge in [0.2, 0.25) is 0 Å². The average Bonchev–Trinajstić information content (AvgIpc) is 2.76. The van der Waals surface area contributed by atoms with Gasteiger partial charge in [0.15, 0.2) is 0 Å². The molecule has 0 unspecified atom stereocenters. The summed E-state index contributed by atoms with van der Waals surface area (Å²) in [5, 5.41) is 0. The molecule has 0 aromatic carbocycles. The highest BCUT2D eigenvalue weighted by atomic mass is 32.1. The molecular formula is C13H18N4S. The van der Waals surface area contributed by atoms with E-state index in [2.05, 4.69) is 21.9 Å². The summed E-state index contributed by atoms with van der Waals surface area (Å²) >= 11 is 1.70. The molecule has 0 atom stereocenters. The van der Waals surface area contributed by atoms with E-state index in [0.717, 1.165) is 30.0 Å². The van der Waals surface area contributed by atoms with Crippen LogP contribution in [0.15, 0.2) is 23.8 Å². The van der Waals surface area contributed by atoms with E-state index >= 15 is 0 Å². The third-order valence-electron chi connectivity index (χ3n) is 2.81. The summed E-state index contributed by atoms with van der Waals surface area (Å²) in [7, 11) is 2.09. The second-order valence-corrected chi connectivity index (χ2v) is 5.33. The Morgan fingerprint density at radius 3 is 2.67 bits per heavy atom. The van der Waals surface area contributed by atoms with Gasteiger partial charge in [0, 0.05) is 30.7 Å². The number of hydrogen-bond donors (Lipinski definition) is 1. The molecule has 5 heteroatoms. The molecule has 2 heterocycles. The largest absolute Gasteiger partial charge is 0.326 e. The Labute approximate surface area is 111 Å². The fourth-order valence-electron chi connectivity index (χ4n) is 1.72. The van der Waals surface area contributed by atoms with Crippen LogP contribution in [-0.2, 0) is 19.6 Å². The predicted molar refractivity (Wildman–Crippen MR) is 74.2 cm³/mol. The van der Waals surface area contributed by atoms with Crippen LogP contribution >= 0.6 is 11.3 Å². The lowest BCUT2D eigenvalue weighted by molar-refractivity contribution is 0.317. The summed E-state index contributed by atoms with van der Waals surface area (Å²) in [6.07, 6.45) is 1.85. The summed E-state index contributed by atoms with van der Waals surface area (Å²) < 4.78 is 0. The van der Waals surface area contributed by atoms with Crippen molar-refractivity contribution in [1.82, 2.24) is 14.9 Å². The first kappa shape index (κ1) is 13.1. The van der Waals surface area contributed by atoms with Crippen LogP contribution < -0.4 is 5.73 Å². The number of nitrogens with zero attached hydrogens (tertiary/aromatic N) is 3. The number of hydrogen-bond acceptors (Lipinski definition) is 5. The smallest absolute Gasteiger partial charge is 0.0798 e. The molecule has 0 fully saturated rings.